The van der Waals surface area contributed by atoms with Crippen LogP contribution in [0.2, 0.25) is 5.02 Å². The van der Waals surface area contributed by atoms with Crippen molar-refractivity contribution in [3.63, 3.8) is 0 Å². The number of ether oxygens (including phenoxy) is 1. The van der Waals surface area contributed by atoms with Gasteiger partial charge >= 0.3 is 5.97 Å². The molecular formula is C26H24ClN3O5. The summed E-state index contributed by atoms with van der Waals surface area (Å²) in [6, 6.07) is 13.1. The van der Waals surface area contributed by atoms with Crippen LogP contribution in [0.3, 0.4) is 0 Å². The van der Waals surface area contributed by atoms with E-state index in [0.29, 0.717) is 46.2 Å². The van der Waals surface area contributed by atoms with Crippen LogP contribution in [-0.2, 0) is 11.2 Å². The van der Waals surface area contributed by atoms with E-state index in [-0.39, 0.29) is 23.8 Å². The van der Waals surface area contributed by atoms with E-state index < -0.39 is 11.9 Å². The highest BCUT2D eigenvalue weighted by Gasteiger charge is 2.28. The summed E-state index contributed by atoms with van der Waals surface area (Å²) in [5.74, 6) is -0.608. The Morgan fingerprint density at radius 2 is 1.80 bits per heavy atom. The van der Waals surface area contributed by atoms with Crippen LogP contribution in [0.15, 0.2) is 58.0 Å². The second kappa shape index (κ2) is 10.6. The second-order valence-electron chi connectivity index (χ2n) is 7.93. The van der Waals surface area contributed by atoms with E-state index in [1.807, 2.05) is 0 Å². The smallest absolute Gasteiger partial charge is 0.340 e. The van der Waals surface area contributed by atoms with Crippen LogP contribution in [0.5, 0.6) is 0 Å². The molecule has 0 unspecified atom stereocenters. The summed E-state index contributed by atoms with van der Waals surface area (Å²) in [5, 5.41) is 7.62. The number of para-hydroxylation sites is 1. The standard InChI is InChI=1S/C26H24ClN3O5/c1-3-34-26(33)18-7-4-5-8-19(18)28-25(32)23-15(2)22-20(9-6-10-21(22)35-23)29-30-24(31)16-11-13-17(27)14-12-16/h4-5,7-8,11-14H,3,6,9-10H2,1-2H3,(H,28,32)(H,30,31)/b29-20+. The molecule has 1 aromatic heterocycles. The Balaban J connectivity index is 1.56. The zero-order chi connectivity index (χ0) is 24.9. The number of hydrogen-bond donors (Lipinski definition) is 2. The van der Waals surface area contributed by atoms with Crippen LogP contribution in [0, 0.1) is 6.92 Å². The van der Waals surface area contributed by atoms with Gasteiger partial charge in [0, 0.05) is 28.1 Å². The zero-order valence-electron chi connectivity index (χ0n) is 19.3. The van der Waals surface area contributed by atoms with E-state index in [2.05, 4.69) is 15.8 Å². The molecule has 0 saturated heterocycles. The quantitative estimate of drug-likeness (QED) is 0.365. The maximum Gasteiger partial charge on any atom is 0.340 e. The molecule has 0 fully saturated rings. The number of nitrogens with one attached hydrogen (secondary N) is 2. The molecule has 3 aromatic rings. The third kappa shape index (κ3) is 5.27. The molecule has 180 valence electrons. The molecular weight excluding hydrogens is 470 g/mol. The largest absolute Gasteiger partial charge is 0.462 e. The highest BCUT2D eigenvalue weighted by atomic mass is 35.5. The van der Waals surface area contributed by atoms with Gasteiger partial charge in [-0.3, -0.25) is 9.59 Å². The van der Waals surface area contributed by atoms with Crippen molar-refractivity contribution in [2.75, 3.05) is 11.9 Å². The first kappa shape index (κ1) is 24.2. The molecule has 0 atom stereocenters. The molecule has 0 saturated carbocycles. The number of benzene rings is 2. The van der Waals surface area contributed by atoms with Crippen LogP contribution in [0.1, 0.15) is 67.9 Å². The Labute approximate surface area is 207 Å². The summed E-state index contributed by atoms with van der Waals surface area (Å²) in [4.78, 5) is 37.8. The highest BCUT2D eigenvalue weighted by Crippen LogP contribution is 2.30. The minimum Gasteiger partial charge on any atom is -0.462 e. The highest BCUT2D eigenvalue weighted by molar-refractivity contribution is 6.30. The first-order valence-corrected chi connectivity index (χ1v) is 11.6. The number of anilines is 1. The number of aryl methyl sites for hydroxylation is 1. The van der Waals surface area contributed by atoms with Crippen molar-refractivity contribution in [2.24, 2.45) is 5.10 Å². The lowest BCUT2D eigenvalue weighted by Crippen LogP contribution is -2.22. The lowest BCUT2D eigenvalue weighted by atomic mass is 9.93. The summed E-state index contributed by atoms with van der Waals surface area (Å²) in [6.45, 7) is 3.71. The molecule has 1 aliphatic rings. The van der Waals surface area contributed by atoms with E-state index in [4.69, 9.17) is 20.8 Å². The van der Waals surface area contributed by atoms with Gasteiger partial charge in [0.25, 0.3) is 11.8 Å². The molecule has 1 aliphatic carbocycles. The monoisotopic (exact) mass is 493 g/mol. The Hall–Kier alpha value is -3.91. The van der Waals surface area contributed by atoms with Gasteiger partial charge in [-0.05, 0) is 63.1 Å². The van der Waals surface area contributed by atoms with Gasteiger partial charge in [0.05, 0.1) is 23.6 Å². The predicted molar refractivity (Wildman–Crippen MR) is 132 cm³/mol. The van der Waals surface area contributed by atoms with E-state index in [1.54, 1.807) is 62.4 Å². The summed E-state index contributed by atoms with van der Waals surface area (Å²) < 4.78 is 11.0. The van der Waals surface area contributed by atoms with Crippen molar-refractivity contribution < 1.29 is 23.5 Å². The molecule has 2 N–H and O–H groups in total. The van der Waals surface area contributed by atoms with Gasteiger partial charge in [-0.1, -0.05) is 23.7 Å². The molecule has 0 spiro atoms. The lowest BCUT2D eigenvalue weighted by Gasteiger charge is -2.13. The molecule has 8 nitrogen and oxygen atoms in total. The van der Waals surface area contributed by atoms with Crippen LogP contribution < -0.4 is 10.7 Å². The minimum atomic E-state index is -0.523. The SMILES string of the molecule is CCOC(=O)c1ccccc1NC(=O)c1oc2c(c1C)/C(=N/NC(=O)c1ccc(Cl)cc1)CCC2. The van der Waals surface area contributed by atoms with Gasteiger partial charge < -0.3 is 14.5 Å². The summed E-state index contributed by atoms with van der Waals surface area (Å²) in [6.07, 6.45) is 2.04. The fraction of sp³-hybridized carbons (Fsp3) is 0.231. The number of esters is 1. The van der Waals surface area contributed by atoms with Gasteiger partial charge in [0.15, 0.2) is 5.76 Å². The molecule has 2 amide bonds. The average Bonchev–Trinajstić information content (AvgIpc) is 3.20. The normalized spacial score (nSPS) is 13.7. The number of fused-ring (bicyclic) bond motifs is 1. The zero-order valence-corrected chi connectivity index (χ0v) is 20.1. The number of hydrazone groups is 1. The number of nitrogens with zero attached hydrogens (tertiary/aromatic N) is 1. The Bertz CT molecular complexity index is 1310. The van der Waals surface area contributed by atoms with Crippen molar-refractivity contribution in [2.45, 2.75) is 33.1 Å². The van der Waals surface area contributed by atoms with Gasteiger partial charge in [-0.25, -0.2) is 10.2 Å². The number of hydrogen-bond acceptors (Lipinski definition) is 6. The molecule has 0 aliphatic heterocycles. The number of furan rings is 1. The van der Waals surface area contributed by atoms with E-state index in [0.717, 1.165) is 12.0 Å². The van der Waals surface area contributed by atoms with Gasteiger partial charge in [0.2, 0.25) is 0 Å². The van der Waals surface area contributed by atoms with E-state index in [1.165, 1.54) is 0 Å². The maximum atomic E-state index is 13.1. The summed E-state index contributed by atoms with van der Waals surface area (Å²) in [5.41, 5.74) is 5.56. The molecule has 4 rings (SSSR count). The third-order valence-corrected chi connectivity index (χ3v) is 5.85. The van der Waals surface area contributed by atoms with Crippen LogP contribution in [-0.4, -0.2) is 30.1 Å². The Kier molecular flexibility index (Phi) is 7.31. The number of halogens is 1. The first-order chi connectivity index (χ1) is 16.9. The molecule has 35 heavy (non-hydrogen) atoms. The van der Waals surface area contributed by atoms with Crippen molar-refractivity contribution in [3.8, 4) is 0 Å². The van der Waals surface area contributed by atoms with Gasteiger partial charge in [0.1, 0.15) is 5.76 Å². The minimum absolute atomic E-state index is 0.132. The van der Waals surface area contributed by atoms with E-state index in [9.17, 15) is 14.4 Å². The molecule has 2 aromatic carbocycles. The topological polar surface area (TPSA) is 110 Å². The summed E-state index contributed by atoms with van der Waals surface area (Å²) >= 11 is 5.88. The second-order valence-corrected chi connectivity index (χ2v) is 8.37. The average molecular weight is 494 g/mol. The van der Waals surface area contributed by atoms with Crippen LogP contribution in [0.4, 0.5) is 5.69 Å². The van der Waals surface area contributed by atoms with E-state index >= 15 is 0 Å². The van der Waals surface area contributed by atoms with Crippen LogP contribution in [0.25, 0.3) is 0 Å². The fourth-order valence-corrected chi connectivity index (χ4v) is 4.06. The number of carbonyl (C=O) groups is 3. The van der Waals surface area contributed by atoms with Crippen molar-refractivity contribution in [1.82, 2.24) is 5.43 Å². The number of carbonyl (C=O) groups excluding carboxylic acids is 3. The lowest BCUT2D eigenvalue weighted by molar-refractivity contribution is 0.0527. The van der Waals surface area contributed by atoms with Gasteiger partial charge in [-0.15, -0.1) is 0 Å². The van der Waals surface area contributed by atoms with Crippen molar-refractivity contribution in [3.05, 3.63) is 87.3 Å². The predicted octanol–water partition coefficient (Wildman–Crippen LogP) is 5.14. The molecule has 9 heteroatoms. The number of amides is 2. The van der Waals surface area contributed by atoms with Crippen LogP contribution >= 0.6 is 11.6 Å². The molecule has 0 radical (unpaired) electrons. The maximum absolute atomic E-state index is 13.1. The molecule has 0 bridgehead atoms. The fourth-order valence-electron chi connectivity index (χ4n) is 3.94. The third-order valence-electron chi connectivity index (χ3n) is 5.60. The van der Waals surface area contributed by atoms with Gasteiger partial charge in [-0.2, -0.15) is 5.10 Å². The Morgan fingerprint density at radius 1 is 1.06 bits per heavy atom. The summed E-state index contributed by atoms with van der Waals surface area (Å²) in [7, 11) is 0. The Morgan fingerprint density at radius 3 is 2.54 bits per heavy atom. The molecule has 1 heterocycles. The van der Waals surface area contributed by atoms with Crippen molar-refractivity contribution >= 4 is 40.8 Å². The first-order valence-electron chi connectivity index (χ1n) is 11.2. The number of rotatable bonds is 6. The van der Waals surface area contributed by atoms with Crippen molar-refractivity contribution in [1.29, 1.82) is 0 Å².